The van der Waals surface area contributed by atoms with Crippen LogP contribution in [-0.2, 0) is 4.79 Å². The quantitative estimate of drug-likeness (QED) is 0.820. The number of anilines is 1. The van der Waals surface area contributed by atoms with Gasteiger partial charge in [0.25, 0.3) is 5.91 Å². The van der Waals surface area contributed by atoms with Crippen molar-refractivity contribution < 1.29 is 14.0 Å². The fraction of sp³-hybridized carbons (Fsp3) is 0.263. The van der Waals surface area contributed by atoms with Gasteiger partial charge in [-0.3, -0.25) is 9.59 Å². The van der Waals surface area contributed by atoms with Crippen molar-refractivity contribution in [2.75, 3.05) is 18.0 Å². The first-order chi connectivity index (χ1) is 11.9. The number of piperazine rings is 1. The van der Waals surface area contributed by atoms with Crippen LogP contribution in [0.25, 0.3) is 0 Å². The predicted molar refractivity (Wildman–Crippen MR) is 95.4 cm³/mol. The fourth-order valence-corrected chi connectivity index (χ4v) is 3.20. The van der Waals surface area contributed by atoms with Crippen molar-refractivity contribution in [1.29, 1.82) is 0 Å². The zero-order chi connectivity index (χ0) is 18.1. The fourth-order valence-electron chi connectivity index (χ4n) is 3.03. The molecule has 0 bridgehead atoms. The summed E-state index contributed by atoms with van der Waals surface area (Å²) in [6.07, 6.45) is 0. The number of halogens is 2. The molecular formula is C19H18ClFN2O2. The molecule has 0 N–H and O–H groups in total. The van der Waals surface area contributed by atoms with E-state index in [1.54, 1.807) is 24.0 Å². The van der Waals surface area contributed by atoms with Gasteiger partial charge in [-0.2, -0.15) is 0 Å². The number of carbonyl (C=O) groups excluding carboxylic acids is 2. The van der Waals surface area contributed by atoms with E-state index in [2.05, 4.69) is 0 Å². The maximum Gasteiger partial charge on any atom is 0.254 e. The second-order valence-corrected chi connectivity index (χ2v) is 6.46. The largest absolute Gasteiger partial charge is 0.325 e. The summed E-state index contributed by atoms with van der Waals surface area (Å²) in [4.78, 5) is 28.6. The van der Waals surface area contributed by atoms with Crippen molar-refractivity contribution in [2.24, 2.45) is 0 Å². The van der Waals surface area contributed by atoms with Crippen molar-refractivity contribution >= 4 is 29.1 Å². The first-order valence-electron chi connectivity index (χ1n) is 8.03. The van der Waals surface area contributed by atoms with E-state index in [0.717, 1.165) is 11.3 Å². The molecule has 130 valence electrons. The number of carbonyl (C=O) groups is 2. The van der Waals surface area contributed by atoms with Gasteiger partial charge in [0.15, 0.2) is 0 Å². The van der Waals surface area contributed by atoms with Crippen LogP contribution in [0.2, 0.25) is 5.02 Å². The number of amides is 2. The summed E-state index contributed by atoms with van der Waals surface area (Å²) in [5, 5.41) is 0.600. The average Bonchev–Trinajstić information content (AvgIpc) is 2.60. The molecule has 1 fully saturated rings. The van der Waals surface area contributed by atoms with E-state index in [1.807, 2.05) is 13.0 Å². The SMILES string of the molecule is Cc1c(Cl)cccc1N1CCN(C(=O)c2ccc(F)cc2)[C@H](C)C1=O. The predicted octanol–water partition coefficient (Wildman–Crippen LogP) is 3.67. The van der Waals surface area contributed by atoms with Gasteiger partial charge in [0, 0.05) is 29.4 Å². The lowest BCUT2D eigenvalue weighted by molar-refractivity contribution is -0.124. The van der Waals surface area contributed by atoms with E-state index in [4.69, 9.17) is 11.6 Å². The second-order valence-electron chi connectivity index (χ2n) is 6.06. The number of hydrogen-bond donors (Lipinski definition) is 0. The van der Waals surface area contributed by atoms with Gasteiger partial charge in [-0.1, -0.05) is 17.7 Å². The van der Waals surface area contributed by atoms with Crippen molar-refractivity contribution in [3.05, 3.63) is 64.4 Å². The Morgan fingerprint density at radius 1 is 1.16 bits per heavy atom. The van der Waals surface area contributed by atoms with E-state index < -0.39 is 11.9 Å². The van der Waals surface area contributed by atoms with Crippen molar-refractivity contribution in [2.45, 2.75) is 19.9 Å². The zero-order valence-corrected chi connectivity index (χ0v) is 14.8. The van der Waals surface area contributed by atoms with Gasteiger partial charge < -0.3 is 9.80 Å². The molecule has 0 spiro atoms. The molecule has 0 radical (unpaired) electrons. The smallest absolute Gasteiger partial charge is 0.254 e. The maximum atomic E-state index is 13.0. The monoisotopic (exact) mass is 360 g/mol. The molecule has 1 saturated heterocycles. The summed E-state index contributed by atoms with van der Waals surface area (Å²) in [5.74, 6) is -0.836. The minimum atomic E-state index is -0.607. The van der Waals surface area contributed by atoms with Gasteiger partial charge in [0.1, 0.15) is 11.9 Å². The molecule has 2 aromatic carbocycles. The Kier molecular flexibility index (Phi) is 4.77. The van der Waals surface area contributed by atoms with Crippen LogP contribution in [0.15, 0.2) is 42.5 Å². The molecule has 0 unspecified atom stereocenters. The van der Waals surface area contributed by atoms with Crippen LogP contribution in [0.1, 0.15) is 22.8 Å². The highest BCUT2D eigenvalue weighted by Gasteiger charge is 2.35. The lowest BCUT2D eigenvalue weighted by Crippen LogP contribution is -2.58. The maximum absolute atomic E-state index is 13.0. The molecule has 3 rings (SSSR count). The Morgan fingerprint density at radius 2 is 1.84 bits per heavy atom. The Labute approximate surface area is 150 Å². The lowest BCUT2D eigenvalue weighted by atomic mass is 10.1. The molecule has 1 aliphatic rings. The number of benzene rings is 2. The van der Waals surface area contributed by atoms with Crippen molar-refractivity contribution in [3.8, 4) is 0 Å². The third-order valence-corrected chi connectivity index (χ3v) is 4.95. The van der Waals surface area contributed by atoms with E-state index >= 15 is 0 Å². The van der Waals surface area contributed by atoms with Gasteiger partial charge >= 0.3 is 0 Å². The molecule has 2 aromatic rings. The van der Waals surface area contributed by atoms with Gasteiger partial charge in [-0.25, -0.2) is 4.39 Å². The van der Waals surface area contributed by atoms with Crippen LogP contribution in [0, 0.1) is 12.7 Å². The van der Waals surface area contributed by atoms with Gasteiger partial charge in [-0.05, 0) is 55.8 Å². The molecule has 25 heavy (non-hydrogen) atoms. The van der Waals surface area contributed by atoms with E-state index in [9.17, 15) is 14.0 Å². The van der Waals surface area contributed by atoms with Crippen LogP contribution < -0.4 is 4.90 Å². The number of rotatable bonds is 2. The molecule has 2 amide bonds. The highest BCUT2D eigenvalue weighted by Crippen LogP contribution is 2.29. The first kappa shape index (κ1) is 17.4. The van der Waals surface area contributed by atoms with E-state index in [0.29, 0.717) is 23.7 Å². The summed E-state index contributed by atoms with van der Waals surface area (Å²) in [6, 6.07) is 10.2. The van der Waals surface area contributed by atoms with Gasteiger partial charge in [0.05, 0.1) is 0 Å². The Hall–Kier alpha value is -2.40. The molecule has 1 atom stereocenters. The summed E-state index contributed by atoms with van der Waals surface area (Å²) < 4.78 is 13.0. The van der Waals surface area contributed by atoms with Crippen LogP contribution in [0.5, 0.6) is 0 Å². The van der Waals surface area contributed by atoms with Crippen LogP contribution in [0.3, 0.4) is 0 Å². The van der Waals surface area contributed by atoms with E-state index in [1.165, 1.54) is 29.2 Å². The average molecular weight is 361 g/mol. The second kappa shape index (κ2) is 6.84. The minimum absolute atomic E-state index is 0.160. The molecule has 1 aliphatic heterocycles. The van der Waals surface area contributed by atoms with Gasteiger partial charge in [-0.15, -0.1) is 0 Å². The van der Waals surface area contributed by atoms with Gasteiger partial charge in [0.2, 0.25) is 5.91 Å². The van der Waals surface area contributed by atoms with E-state index in [-0.39, 0.29) is 11.8 Å². The molecule has 0 saturated carbocycles. The Morgan fingerprint density at radius 3 is 2.52 bits per heavy atom. The Bertz CT molecular complexity index is 823. The lowest BCUT2D eigenvalue weighted by Gasteiger charge is -2.39. The number of hydrogen-bond acceptors (Lipinski definition) is 2. The Balaban J connectivity index is 1.83. The third-order valence-electron chi connectivity index (χ3n) is 4.54. The normalized spacial score (nSPS) is 17.8. The highest BCUT2D eigenvalue weighted by atomic mass is 35.5. The third kappa shape index (κ3) is 3.24. The molecular weight excluding hydrogens is 343 g/mol. The summed E-state index contributed by atoms with van der Waals surface area (Å²) in [5.41, 5.74) is 1.97. The molecule has 0 aliphatic carbocycles. The topological polar surface area (TPSA) is 40.6 Å². The number of nitrogens with zero attached hydrogens (tertiary/aromatic N) is 2. The summed E-state index contributed by atoms with van der Waals surface area (Å²) in [7, 11) is 0. The standard InChI is InChI=1S/C19H18ClFN2O2/c1-12-16(20)4-3-5-17(12)23-11-10-22(13(2)18(23)24)19(25)14-6-8-15(21)9-7-14/h3-9,13H,10-11H2,1-2H3/t13-/m1/s1. The highest BCUT2D eigenvalue weighted by molar-refractivity contribution is 6.31. The van der Waals surface area contributed by atoms with Crippen LogP contribution in [-0.4, -0.2) is 35.8 Å². The molecule has 1 heterocycles. The zero-order valence-electron chi connectivity index (χ0n) is 14.0. The van der Waals surface area contributed by atoms with Crippen LogP contribution >= 0.6 is 11.6 Å². The minimum Gasteiger partial charge on any atom is -0.325 e. The summed E-state index contributed by atoms with van der Waals surface area (Å²) >= 11 is 6.16. The molecule has 4 nitrogen and oxygen atoms in total. The first-order valence-corrected chi connectivity index (χ1v) is 8.41. The van der Waals surface area contributed by atoms with Crippen molar-refractivity contribution in [3.63, 3.8) is 0 Å². The molecule has 6 heteroatoms. The van der Waals surface area contributed by atoms with Crippen molar-refractivity contribution in [1.82, 2.24) is 4.90 Å². The summed E-state index contributed by atoms with van der Waals surface area (Å²) in [6.45, 7) is 4.35. The van der Waals surface area contributed by atoms with Crippen LogP contribution in [0.4, 0.5) is 10.1 Å². The molecule has 0 aromatic heterocycles.